The third-order valence-corrected chi connectivity index (χ3v) is 4.83. The number of carbonyl (C=O) groups is 1. The molecule has 2 heterocycles. The van der Waals surface area contributed by atoms with Crippen LogP contribution in [0.2, 0.25) is 0 Å². The highest BCUT2D eigenvalue weighted by Crippen LogP contribution is 2.22. The zero-order valence-electron chi connectivity index (χ0n) is 16.7. The summed E-state index contributed by atoms with van der Waals surface area (Å²) in [6.07, 6.45) is 0.842. The summed E-state index contributed by atoms with van der Waals surface area (Å²) in [5.41, 5.74) is 10.1. The highest BCUT2D eigenvalue weighted by atomic mass is 16.5. The van der Waals surface area contributed by atoms with Crippen molar-refractivity contribution < 1.29 is 13.9 Å². The summed E-state index contributed by atoms with van der Waals surface area (Å²) in [4.78, 5) is 16.7. The standard InChI is InChI=1S/C24H23N3O3/c1-29-15-19-9-10-21(23(25)27-19)24(28)26-14-20-13-18-8-7-17(12-22(18)30-20)11-16-5-3-2-4-6-16/h2-10,12-13H,11,14-15H2,1H3,(H2,25,27)(H,26,28). The van der Waals surface area contributed by atoms with E-state index in [1.165, 1.54) is 11.1 Å². The van der Waals surface area contributed by atoms with Crippen LogP contribution in [0.25, 0.3) is 11.0 Å². The number of anilines is 1. The van der Waals surface area contributed by atoms with E-state index in [4.69, 9.17) is 14.9 Å². The molecule has 0 fully saturated rings. The molecule has 0 saturated carbocycles. The Kier molecular flexibility index (Phi) is 5.77. The number of ether oxygens (including phenoxy) is 1. The van der Waals surface area contributed by atoms with Crippen LogP contribution >= 0.6 is 0 Å². The summed E-state index contributed by atoms with van der Waals surface area (Å²) < 4.78 is 11.0. The lowest BCUT2D eigenvalue weighted by Crippen LogP contribution is -2.24. The molecule has 1 amide bonds. The fourth-order valence-corrected chi connectivity index (χ4v) is 3.36. The fourth-order valence-electron chi connectivity index (χ4n) is 3.36. The predicted molar refractivity (Wildman–Crippen MR) is 116 cm³/mol. The van der Waals surface area contributed by atoms with E-state index in [9.17, 15) is 4.79 Å². The topological polar surface area (TPSA) is 90.4 Å². The van der Waals surface area contributed by atoms with E-state index < -0.39 is 0 Å². The highest BCUT2D eigenvalue weighted by molar-refractivity contribution is 5.98. The van der Waals surface area contributed by atoms with Gasteiger partial charge in [-0.3, -0.25) is 4.79 Å². The molecule has 6 heteroatoms. The van der Waals surface area contributed by atoms with Gasteiger partial charge in [0.1, 0.15) is 17.2 Å². The zero-order valence-corrected chi connectivity index (χ0v) is 16.7. The van der Waals surface area contributed by atoms with Crippen molar-refractivity contribution in [2.45, 2.75) is 19.6 Å². The van der Waals surface area contributed by atoms with E-state index in [1.54, 1.807) is 19.2 Å². The molecular weight excluding hydrogens is 378 g/mol. The number of benzene rings is 2. The number of nitrogens with one attached hydrogen (secondary N) is 1. The van der Waals surface area contributed by atoms with Crippen LogP contribution in [0.3, 0.4) is 0 Å². The van der Waals surface area contributed by atoms with Crippen LogP contribution in [0.4, 0.5) is 5.82 Å². The van der Waals surface area contributed by atoms with Crippen molar-refractivity contribution in [2.24, 2.45) is 0 Å². The highest BCUT2D eigenvalue weighted by Gasteiger charge is 2.13. The molecule has 6 nitrogen and oxygen atoms in total. The number of aromatic nitrogens is 1. The smallest absolute Gasteiger partial charge is 0.255 e. The number of fused-ring (bicyclic) bond motifs is 1. The van der Waals surface area contributed by atoms with Crippen molar-refractivity contribution in [1.29, 1.82) is 0 Å². The number of hydrogen-bond acceptors (Lipinski definition) is 5. The van der Waals surface area contributed by atoms with Crippen molar-refractivity contribution in [1.82, 2.24) is 10.3 Å². The quantitative estimate of drug-likeness (QED) is 0.487. The molecule has 0 bridgehead atoms. The van der Waals surface area contributed by atoms with Gasteiger partial charge in [-0.05, 0) is 41.8 Å². The van der Waals surface area contributed by atoms with Gasteiger partial charge in [0.05, 0.1) is 24.4 Å². The molecule has 0 unspecified atom stereocenters. The summed E-state index contributed by atoms with van der Waals surface area (Å²) in [6.45, 7) is 0.609. The minimum Gasteiger partial charge on any atom is -0.459 e. The maximum Gasteiger partial charge on any atom is 0.255 e. The van der Waals surface area contributed by atoms with Crippen LogP contribution in [-0.2, 0) is 24.3 Å². The zero-order chi connectivity index (χ0) is 20.9. The number of nitrogens with two attached hydrogens (primary N) is 1. The van der Waals surface area contributed by atoms with Gasteiger partial charge in [-0.2, -0.15) is 0 Å². The first-order chi connectivity index (χ1) is 14.6. The molecule has 0 spiro atoms. The fraction of sp³-hybridized carbons (Fsp3) is 0.167. The second-order valence-electron chi connectivity index (χ2n) is 7.10. The Labute approximate surface area is 174 Å². The Bertz CT molecular complexity index is 1170. The average Bonchev–Trinajstić information content (AvgIpc) is 3.15. The normalized spacial score (nSPS) is 11.0. The molecule has 0 aliphatic carbocycles. The third-order valence-electron chi connectivity index (χ3n) is 4.83. The van der Waals surface area contributed by atoms with Crippen LogP contribution in [0.15, 0.2) is 71.1 Å². The van der Waals surface area contributed by atoms with Crippen LogP contribution < -0.4 is 11.1 Å². The van der Waals surface area contributed by atoms with Crippen molar-refractivity contribution in [2.75, 3.05) is 12.8 Å². The van der Waals surface area contributed by atoms with E-state index in [2.05, 4.69) is 28.5 Å². The second kappa shape index (κ2) is 8.80. The molecule has 0 aliphatic rings. The summed E-state index contributed by atoms with van der Waals surface area (Å²) >= 11 is 0. The first kappa shape index (κ1) is 19.7. The number of methoxy groups -OCH3 is 1. The number of amides is 1. The first-order valence-electron chi connectivity index (χ1n) is 9.70. The van der Waals surface area contributed by atoms with Gasteiger partial charge < -0.3 is 20.2 Å². The molecule has 30 heavy (non-hydrogen) atoms. The molecule has 0 saturated heterocycles. The van der Waals surface area contributed by atoms with E-state index in [0.29, 0.717) is 23.6 Å². The Balaban J connectivity index is 1.43. The number of rotatable bonds is 7. The summed E-state index contributed by atoms with van der Waals surface area (Å²) in [6, 6.07) is 21.8. The molecule has 4 aromatic rings. The summed E-state index contributed by atoms with van der Waals surface area (Å²) in [5, 5.41) is 3.84. The van der Waals surface area contributed by atoms with Gasteiger partial charge >= 0.3 is 0 Å². The first-order valence-corrected chi connectivity index (χ1v) is 9.70. The Morgan fingerprint density at radius 2 is 1.90 bits per heavy atom. The monoisotopic (exact) mass is 401 g/mol. The lowest BCUT2D eigenvalue weighted by molar-refractivity contribution is 0.0948. The van der Waals surface area contributed by atoms with Crippen LogP contribution in [0, 0.1) is 0 Å². The van der Waals surface area contributed by atoms with Gasteiger partial charge in [0.25, 0.3) is 5.91 Å². The van der Waals surface area contributed by atoms with Gasteiger partial charge in [0.2, 0.25) is 0 Å². The minimum absolute atomic E-state index is 0.178. The largest absolute Gasteiger partial charge is 0.459 e. The third kappa shape index (κ3) is 4.50. The van der Waals surface area contributed by atoms with Gasteiger partial charge in [-0.15, -0.1) is 0 Å². The summed E-state index contributed by atoms with van der Waals surface area (Å²) in [5.74, 6) is 0.559. The lowest BCUT2D eigenvalue weighted by Gasteiger charge is -2.07. The number of pyridine rings is 1. The van der Waals surface area contributed by atoms with E-state index >= 15 is 0 Å². The van der Waals surface area contributed by atoms with E-state index in [0.717, 1.165) is 17.4 Å². The van der Waals surface area contributed by atoms with Crippen molar-refractivity contribution in [3.8, 4) is 0 Å². The number of nitrogens with zero attached hydrogens (tertiary/aromatic N) is 1. The average molecular weight is 401 g/mol. The molecule has 4 rings (SSSR count). The molecule has 0 aliphatic heterocycles. The molecule has 2 aromatic carbocycles. The Morgan fingerprint density at radius 1 is 1.07 bits per heavy atom. The number of furan rings is 1. The Morgan fingerprint density at radius 3 is 2.67 bits per heavy atom. The van der Waals surface area contributed by atoms with Crippen LogP contribution in [-0.4, -0.2) is 18.0 Å². The van der Waals surface area contributed by atoms with Crippen LogP contribution in [0.1, 0.15) is 32.9 Å². The number of hydrogen-bond donors (Lipinski definition) is 2. The molecule has 152 valence electrons. The molecule has 0 radical (unpaired) electrons. The maximum atomic E-state index is 12.5. The molecule has 0 atom stereocenters. The predicted octanol–water partition coefficient (Wildman–Crippen LogP) is 4.08. The van der Waals surface area contributed by atoms with Crippen LogP contribution in [0.5, 0.6) is 0 Å². The van der Waals surface area contributed by atoms with Crippen molar-refractivity contribution in [3.63, 3.8) is 0 Å². The maximum absolute atomic E-state index is 12.5. The number of nitrogen functional groups attached to an aromatic ring is 1. The number of carbonyl (C=O) groups excluding carboxylic acids is 1. The van der Waals surface area contributed by atoms with Gasteiger partial charge in [-0.25, -0.2) is 4.98 Å². The van der Waals surface area contributed by atoms with Gasteiger partial charge in [0.15, 0.2) is 0 Å². The van der Waals surface area contributed by atoms with E-state index in [-0.39, 0.29) is 18.3 Å². The molecule has 2 aromatic heterocycles. The molecular formula is C24H23N3O3. The van der Waals surface area contributed by atoms with Crippen molar-refractivity contribution in [3.05, 3.63) is 94.9 Å². The van der Waals surface area contributed by atoms with E-state index in [1.807, 2.05) is 36.4 Å². The summed E-state index contributed by atoms with van der Waals surface area (Å²) in [7, 11) is 1.58. The van der Waals surface area contributed by atoms with Crippen molar-refractivity contribution >= 4 is 22.7 Å². The second-order valence-corrected chi connectivity index (χ2v) is 7.10. The van der Waals surface area contributed by atoms with Gasteiger partial charge in [-0.1, -0.05) is 42.5 Å². The van der Waals surface area contributed by atoms with Gasteiger partial charge in [0, 0.05) is 12.5 Å². The SMILES string of the molecule is COCc1ccc(C(=O)NCc2cc3ccc(Cc4ccccc4)cc3o2)c(N)n1. The Hall–Kier alpha value is -3.64. The molecule has 3 N–H and O–H groups in total. The minimum atomic E-state index is -0.297. The lowest BCUT2D eigenvalue weighted by atomic mass is 10.0.